The minimum absolute atomic E-state index is 0.0133. The molecule has 0 heterocycles. The number of carbonyl (C=O) groups excluding carboxylic acids is 2. The predicted octanol–water partition coefficient (Wildman–Crippen LogP) is 1.04. The Labute approximate surface area is 126 Å². The summed E-state index contributed by atoms with van der Waals surface area (Å²) in [6.07, 6.45) is 0. The minimum atomic E-state index is -1.10. The second-order valence-corrected chi connectivity index (χ2v) is 6.32. The molecular weight excluding hydrogens is 274 g/mol. The molecular formula is C14H27N3O4. The molecule has 3 N–H and O–H groups in total. The summed E-state index contributed by atoms with van der Waals surface area (Å²) in [7, 11) is 0. The van der Waals surface area contributed by atoms with Gasteiger partial charge in [-0.3, -0.25) is 4.79 Å². The Hall–Kier alpha value is -1.79. The van der Waals surface area contributed by atoms with E-state index in [0.717, 1.165) is 0 Å². The molecule has 0 saturated carbocycles. The third-order valence-electron chi connectivity index (χ3n) is 2.83. The molecule has 0 fully saturated rings. The van der Waals surface area contributed by atoms with Crippen LogP contribution in [0, 0.1) is 5.41 Å². The van der Waals surface area contributed by atoms with E-state index in [2.05, 4.69) is 10.6 Å². The average molecular weight is 301 g/mol. The number of amides is 3. The van der Waals surface area contributed by atoms with Crippen molar-refractivity contribution in [1.82, 2.24) is 15.5 Å². The Bertz CT molecular complexity index is 388. The number of nitrogens with one attached hydrogen (secondary N) is 2. The smallest absolute Gasteiger partial charge is 0.326 e. The van der Waals surface area contributed by atoms with Crippen molar-refractivity contribution in [2.75, 3.05) is 13.1 Å². The maximum absolute atomic E-state index is 12.1. The molecule has 1 unspecified atom stereocenters. The standard InChI is InChI=1S/C14H27N3O4/c1-7-17(8-10(18)15-9(2)3)13(21)16-11(12(19)20)14(4,5)6/h9,11H,7-8H2,1-6H3,(H,15,18)(H,16,21)(H,19,20). The van der Waals surface area contributed by atoms with E-state index in [-0.39, 0.29) is 18.5 Å². The fraction of sp³-hybridized carbons (Fsp3) is 0.786. The predicted molar refractivity (Wildman–Crippen MR) is 79.9 cm³/mol. The summed E-state index contributed by atoms with van der Waals surface area (Å²) in [4.78, 5) is 36.3. The third-order valence-corrected chi connectivity index (χ3v) is 2.83. The van der Waals surface area contributed by atoms with E-state index in [1.165, 1.54) is 4.90 Å². The number of hydrogen-bond donors (Lipinski definition) is 3. The largest absolute Gasteiger partial charge is 0.480 e. The summed E-state index contributed by atoms with van der Waals surface area (Å²) in [6, 6.07) is -1.59. The van der Waals surface area contributed by atoms with Gasteiger partial charge in [0.1, 0.15) is 12.6 Å². The van der Waals surface area contributed by atoms with Crippen molar-refractivity contribution in [2.24, 2.45) is 5.41 Å². The molecule has 0 saturated heterocycles. The highest BCUT2D eigenvalue weighted by atomic mass is 16.4. The van der Waals surface area contributed by atoms with Gasteiger partial charge in [0.2, 0.25) is 5.91 Å². The minimum Gasteiger partial charge on any atom is -0.480 e. The summed E-state index contributed by atoms with van der Waals surface area (Å²) < 4.78 is 0. The van der Waals surface area contributed by atoms with Crippen LogP contribution in [-0.2, 0) is 9.59 Å². The lowest BCUT2D eigenvalue weighted by molar-refractivity contribution is -0.142. The van der Waals surface area contributed by atoms with Gasteiger partial charge >= 0.3 is 12.0 Å². The van der Waals surface area contributed by atoms with Gasteiger partial charge < -0.3 is 20.6 Å². The molecule has 0 aliphatic carbocycles. The maximum Gasteiger partial charge on any atom is 0.326 e. The Morgan fingerprint density at radius 2 is 1.67 bits per heavy atom. The molecule has 21 heavy (non-hydrogen) atoms. The van der Waals surface area contributed by atoms with Crippen molar-refractivity contribution < 1.29 is 19.5 Å². The first-order valence-corrected chi connectivity index (χ1v) is 7.06. The Balaban J connectivity index is 4.79. The van der Waals surface area contributed by atoms with Crippen molar-refractivity contribution >= 4 is 17.9 Å². The van der Waals surface area contributed by atoms with E-state index in [1.807, 2.05) is 13.8 Å². The van der Waals surface area contributed by atoms with E-state index in [9.17, 15) is 19.5 Å². The van der Waals surface area contributed by atoms with Crippen LogP contribution in [0.15, 0.2) is 0 Å². The van der Waals surface area contributed by atoms with Crippen LogP contribution in [0.5, 0.6) is 0 Å². The average Bonchev–Trinajstić information content (AvgIpc) is 2.29. The third kappa shape index (κ3) is 6.97. The highest BCUT2D eigenvalue weighted by Gasteiger charge is 2.33. The number of hydrogen-bond acceptors (Lipinski definition) is 3. The molecule has 7 nitrogen and oxygen atoms in total. The highest BCUT2D eigenvalue weighted by molar-refractivity contribution is 5.87. The van der Waals surface area contributed by atoms with Crippen LogP contribution in [0.3, 0.4) is 0 Å². The zero-order valence-corrected chi connectivity index (χ0v) is 13.7. The Morgan fingerprint density at radius 3 is 2.00 bits per heavy atom. The second kappa shape index (κ2) is 7.85. The first kappa shape index (κ1) is 19.2. The van der Waals surface area contributed by atoms with Gasteiger partial charge in [-0.2, -0.15) is 0 Å². The molecule has 0 aromatic rings. The lowest BCUT2D eigenvalue weighted by Crippen LogP contribution is -2.54. The van der Waals surface area contributed by atoms with Crippen LogP contribution < -0.4 is 10.6 Å². The van der Waals surface area contributed by atoms with Crippen molar-refractivity contribution in [2.45, 2.75) is 53.6 Å². The fourth-order valence-electron chi connectivity index (χ4n) is 1.73. The van der Waals surface area contributed by atoms with Crippen molar-refractivity contribution in [1.29, 1.82) is 0 Å². The zero-order valence-electron chi connectivity index (χ0n) is 13.7. The van der Waals surface area contributed by atoms with Crippen LogP contribution in [0.25, 0.3) is 0 Å². The van der Waals surface area contributed by atoms with Crippen molar-refractivity contribution in [3.05, 3.63) is 0 Å². The molecule has 0 rings (SSSR count). The molecule has 0 aliphatic rings. The molecule has 0 aromatic carbocycles. The summed E-state index contributed by atoms with van der Waals surface area (Å²) in [5.74, 6) is -1.37. The van der Waals surface area contributed by atoms with E-state index in [4.69, 9.17) is 0 Å². The lowest BCUT2D eigenvalue weighted by Gasteiger charge is -2.30. The number of carboxylic acid groups (broad SMARTS) is 1. The van der Waals surface area contributed by atoms with Crippen molar-refractivity contribution in [3.63, 3.8) is 0 Å². The van der Waals surface area contributed by atoms with Crippen LogP contribution in [0.4, 0.5) is 4.79 Å². The molecule has 0 aromatic heterocycles. The highest BCUT2D eigenvalue weighted by Crippen LogP contribution is 2.19. The van der Waals surface area contributed by atoms with Gasteiger partial charge in [-0.15, -0.1) is 0 Å². The molecule has 7 heteroatoms. The molecule has 3 amide bonds. The topological polar surface area (TPSA) is 98.7 Å². The number of urea groups is 1. The quantitative estimate of drug-likeness (QED) is 0.682. The van der Waals surface area contributed by atoms with Gasteiger partial charge in [0.25, 0.3) is 0 Å². The van der Waals surface area contributed by atoms with Crippen LogP contribution in [-0.4, -0.2) is 53.1 Å². The number of carboxylic acids is 1. The number of carbonyl (C=O) groups is 3. The number of nitrogens with zero attached hydrogens (tertiary/aromatic N) is 1. The first-order valence-electron chi connectivity index (χ1n) is 7.06. The summed E-state index contributed by atoms with van der Waals surface area (Å²) in [5.41, 5.74) is -0.624. The van der Waals surface area contributed by atoms with E-state index >= 15 is 0 Å². The van der Waals surface area contributed by atoms with E-state index < -0.39 is 23.5 Å². The molecule has 122 valence electrons. The number of aliphatic carboxylic acids is 1. The summed E-state index contributed by atoms with van der Waals surface area (Å²) >= 11 is 0. The van der Waals surface area contributed by atoms with Gasteiger partial charge in [-0.05, 0) is 26.2 Å². The molecule has 0 bridgehead atoms. The molecule has 0 aliphatic heterocycles. The van der Waals surface area contributed by atoms with Crippen LogP contribution >= 0.6 is 0 Å². The van der Waals surface area contributed by atoms with Gasteiger partial charge in [-0.25, -0.2) is 9.59 Å². The molecule has 1 atom stereocenters. The number of likely N-dealkylation sites (N-methyl/N-ethyl adjacent to an activating group) is 1. The van der Waals surface area contributed by atoms with Gasteiger partial charge in [0.05, 0.1) is 0 Å². The van der Waals surface area contributed by atoms with Gasteiger partial charge in [-0.1, -0.05) is 20.8 Å². The number of rotatable bonds is 6. The summed E-state index contributed by atoms with van der Waals surface area (Å²) in [6.45, 7) is 10.8. The summed E-state index contributed by atoms with van der Waals surface area (Å²) in [5, 5.41) is 14.4. The molecule has 0 radical (unpaired) electrons. The normalized spacial score (nSPS) is 12.7. The second-order valence-electron chi connectivity index (χ2n) is 6.32. The van der Waals surface area contributed by atoms with Gasteiger partial charge in [0, 0.05) is 12.6 Å². The zero-order chi connectivity index (χ0) is 16.8. The SMILES string of the molecule is CCN(CC(=O)NC(C)C)C(=O)NC(C(=O)O)C(C)(C)C. The van der Waals surface area contributed by atoms with Crippen molar-refractivity contribution in [3.8, 4) is 0 Å². The van der Waals surface area contributed by atoms with Gasteiger partial charge in [0.15, 0.2) is 0 Å². The maximum atomic E-state index is 12.1. The Kier molecular flexibility index (Phi) is 7.18. The van der Waals surface area contributed by atoms with E-state index in [0.29, 0.717) is 6.54 Å². The Morgan fingerprint density at radius 1 is 1.14 bits per heavy atom. The molecule has 0 spiro atoms. The van der Waals surface area contributed by atoms with E-state index in [1.54, 1.807) is 27.7 Å². The van der Waals surface area contributed by atoms with Crippen LogP contribution in [0.1, 0.15) is 41.5 Å². The fourth-order valence-corrected chi connectivity index (χ4v) is 1.73. The van der Waals surface area contributed by atoms with Crippen LogP contribution in [0.2, 0.25) is 0 Å². The first-order chi connectivity index (χ1) is 9.48. The lowest BCUT2D eigenvalue weighted by atomic mass is 9.87. The monoisotopic (exact) mass is 301 g/mol.